The van der Waals surface area contributed by atoms with Crippen LogP contribution in [0.25, 0.3) is 0 Å². The van der Waals surface area contributed by atoms with E-state index in [1.807, 2.05) is 19.1 Å². The quantitative estimate of drug-likeness (QED) is 0.756. The zero-order valence-electron chi connectivity index (χ0n) is 15.3. The molecule has 0 radical (unpaired) electrons. The molecule has 27 heavy (non-hydrogen) atoms. The topological polar surface area (TPSA) is 49.9 Å². The maximum atomic E-state index is 13.3. The summed E-state index contributed by atoms with van der Waals surface area (Å²) < 4.78 is 45.7. The largest absolute Gasteiger partial charge is 0.496 e. The van der Waals surface area contributed by atoms with E-state index in [-0.39, 0.29) is 9.92 Å². The minimum atomic E-state index is -3.69. The zero-order chi connectivity index (χ0) is 19.6. The number of aryl methyl sites for hydroxylation is 1. The summed E-state index contributed by atoms with van der Waals surface area (Å²) in [5.41, 5.74) is 2.24. The van der Waals surface area contributed by atoms with Crippen molar-refractivity contribution in [1.82, 2.24) is 9.21 Å². The van der Waals surface area contributed by atoms with E-state index < -0.39 is 15.8 Å². The Bertz CT molecular complexity index is 929. The molecule has 2 aromatic rings. The van der Waals surface area contributed by atoms with Gasteiger partial charge in [-0.2, -0.15) is 4.31 Å². The molecule has 1 fully saturated rings. The number of rotatable bonds is 5. The molecule has 0 spiro atoms. The van der Waals surface area contributed by atoms with Crippen LogP contribution in [-0.2, 0) is 16.6 Å². The molecule has 0 aliphatic carbocycles. The molecule has 0 unspecified atom stereocenters. The van der Waals surface area contributed by atoms with Gasteiger partial charge in [0.1, 0.15) is 11.6 Å². The zero-order valence-corrected chi connectivity index (χ0v) is 16.9. The van der Waals surface area contributed by atoms with Crippen molar-refractivity contribution in [2.45, 2.75) is 18.4 Å². The Morgan fingerprint density at radius 2 is 1.81 bits per heavy atom. The van der Waals surface area contributed by atoms with E-state index in [2.05, 4.69) is 11.0 Å². The third-order valence-electron chi connectivity index (χ3n) is 4.69. The summed E-state index contributed by atoms with van der Waals surface area (Å²) in [6.07, 6.45) is 0. The first kappa shape index (κ1) is 20.1. The van der Waals surface area contributed by atoms with Crippen LogP contribution in [0.4, 0.5) is 4.39 Å². The number of benzene rings is 2. The molecule has 0 bridgehead atoms. The van der Waals surface area contributed by atoms with E-state index in [0.29, 0.717) is 32.7 Å². The molecule has 3 rings (SSSR count). The normalized spacial score (nSPS) is 16.4. The molecule has 5 nitrogen and oxygen atoms in total. The van der Waals surface area contributed by atoms with E-state index in [0.717, 1.165) is 29.0 Å². The van der Waals surface area contributed by atoms with Gasteiger partial charge < -0.3 is 4.74 Å². The van der Waals surface area contributed by atoms with Crippen LogP contribution in [0.1, 0.15) is 11.1 Å². The van der Waals surface area contributed by atoms with Crippen LogP contribution < -0.4 is 4.74 Å². The maximum Gasteiger partial charge on any atom is 0.243 e. The first-order valence-electron chi connectivity index (χ1n) is 8.62. The van der Waals surface area contributed by atoms with Gasteiger partial charge in [-0.05, 0) is 31.2 Å². The summed E-state index contributed by atoms with van der Waals surface area (Å²) in [5, 5.41) is -0.193. The van der Waals surface area contributed by atoms with Crippen molar-refractivity contribution in [3.63, 3.8) is 0 Å². The number of ether oxygens (including phenoxy) is 1. The highest BCUT2D eigenvalue weighted by Crippen LogP contribution is 2.25. The SMILES string of the molecule is COc1ccc(C)cc1CN1CCN(S(=O)(=O)c2ccc(F)c(Cl)c2)CC1. The van der Waals surface area contributed by atoms with Gasteiger partial charge in [-0.3, -0.25) is 4.90 Å². The summed E-state index contributed by atoms with van der Waals surface area (Å²) >= 11 is 5.74. The van der Waals surface area contributed by atoms with Crippen LogP contribution >= 0.6 is 11.6 Å². The van der Waals surface area contributed by atoms with Crippen molar-refractivity contribution in [2.75, 3.05) is 33.3 Å². The Morgan fingerprint density at radius 1 is 1.11 bits per heavy atom. The molecule has 0 amide bonds. The van der Waals surface area contributed by atoms with Crippen LogP contribution in [0.2, 0.25) is 5.02 Å². The van der Waals surface area contributed by atoms with Crippen LogP contribution in [0.5, 0.6) is 5.75 Å². The molecule has 146 valence electrons. The molecule has 8 heteroatoms. The smallest absolute Gasteiger partial charge is 0.243 e. The molecular weight excluding hydrogens is 391 g/mol. The Hall–Kier alpha value is -1.67. The van der Waals surface area contributed by atoms with Gasteiger partial charge in [-0.1, -0.05) is 29.3 Å². The van der Waals surface area contributed by atoms with Crippen molar-refractivity contribution >= 4 is 21.6 Å². The molecule has 1 saturated heterocycles. The number of hydrogen-bond acceptors (Lipinski definition) is 4. The van der Waals surface area contributed by atoms with Crippen molar-refractivity contribution in [2.24, 2.45) is 0 Å². The summed E-state index contributed by atoms with van der Waals surface area (Å²) in [6.45, 7) is 4.66. The van der Waals surface area contributed by atoms with Crippen molar-refractivity contribution in [1.29, 1.82) is 0 Å². The van der Waals surface area contributed by atoms with Crippen LogP contribution in [0, 0.1) is 12.7 Å². The number of methoxy groups -OCH3 is 1. The molecule has 0 atom stereocenters. The molecule has 0 N–H and O–H groups in total. The minimum Gasteiger partial charge on any atom is -0.496 e. The van der Waals surface area contributed by atoms with Crippen molar-refractivity contribution in [3.8, 4) is 5.75 Å². The Kier molecular flexibility index (Phi) is 6.05. The van der Waals surface area contributed by atoms with Gasteiger partial charge in [0.15, 0.2) is 0 Å². The highest BCUT2D eigenvalue weighted by molar-refractivity contribution is 7.89. The van der Waals surface area contributed by atoms with Crippen LogP contribution in [0.3, 0.4) is 0 Å². The van der Waals surface area contributed by atoms with Crippen molar-refractivity contribution < 1.29 is 17.5 Å². The monoisotopic (exact) mass is 412 g/mol. The first-order valence-corrected chi connectivity index (χ1v) is 10.4. The van der Waals surface area contributed by atoms with Gasteiger partial charge in [-0.25, -0.2) is 12.8 Å². The second-order valence-electron chi connectivity index (χ2n) is 6.57. The number of hydrogen-bond donors (Lipinski definition) is 0. The minimum absolute atomic E-state index is 0.0164. The molecule has 0 aromatic heterocycles. The molecule has 1 aliphatic heterocycles. The lowest BCUT2D eigenvalue weighted by atomic mass is 10.1. The van der Waals surface area contributed by atoms with E-state index >= 15 is 0 Å². The standard InChI is InChI=1S/C19H22ClFN2O3S/c1-14-3-6-19(26-2)15(11-14)13-22-7-9-23(10-8-22)27(24,25)16-4-5-18(21)17(20)12-16/h3-6,11-12H,7-10,13H2,1-2H3. The van der Waals surface area contributed by atoms with Gasteiger partial charge in [0.05, 0.1) is 17.0 Å². The average Bonchev–Trinajstić information content (AvgIpc) is 2.64. The third kappa shape index (κ3) is 4.43. The second kappa shape index (κ2) is 8.14. The molecule has 2 aromatic carbocycles. The lowest BCUT2D eigenvalue weighted by Gasteiger charge is -2.34. The van der Waals surface area contributed by atoms with E-state index in [1.165, 1.54) is 10.4 Å². The molecule has 1 heterocycles. The highest BCUT2D eigenvalue weighted by Gasteiger charge is 2.29. The van der Waals surface area contributed by atoms with Gasteiger partial charge in [-0.15, -0.1) is 0 Å². The molecule has 0 saturated carbocycles. The number of piperazine rings is 1. The van der Waals surface area contributed by atoms with Crippen LogP contribution in [-0.4, -0.2) is 50.9 Å². The fourth-order valence-electron chi connectivity index (χ4n) is 3.19. The van der Waals surface area contributed by atoms with Crippen LogP contribution in [0.15, 0.2) is 41.3 Å². The van der Waals surface area contributed by atoms with Gasteiger partial charge in [0.25, 0.3) is 0 Å². The maximum absolute atomic E-state index is 13.3. The fraction of sp³-hybridized carbons (Fsp3) is 0.368. The van der Waals surface area contributed by atoms with Gasteiger partial charge >= 0.3 is 0 Å². The highest BCUT2D eigenvalue weighted by atomic mass is 35.5. The Labute approximate surface area is 164 Å². The molecule has 1 aliphatic rings. The second-order valence-corrected chi connectivity index (χ2v) is 8.92. The lowest BCUT2D eigenvalue weighted by molar-refractivity contribution is 0.180. The molecular formula is C19H22ClFN2O3S. The Morgan fingerprint density at radius 3 is 2.44 bits per heavy atom. The van der Waals surface area contributed by atoms with Gasteiger partial charge in [0, 0.05) is 38.3 Å². The summed E-state index contributed by atoms with van der Waals surface area (Å²) in [7, 11) is -2.04. The lowest BCUT2D eigenvalue weighted by Crippen LogP contribution is -2.48. The average molecular weight is 413 g/mol. The fourth-order valence-corrected chi connectivity index (χ4v) is 4.88. The van der Waals surface area contributed by atoms with E-state index in [4.69, 9.17) is 16.3 Å². The van der Waals surface area contributed by atoms with Gasteiger partial charge in [0.2, 0.25) is 10.0 Å². The number of nitrogens with zero attached hydrogens (tertiary/aromatic N) is 2. The predicted molar refractivity (Wildman–Crippen MR) is 103 cm³/mol. The third-order valence-corrected chi connectivity index (χ3v) is 6.87. The summed E-state index contributed by atoms with van der Waals surface area (Å²) in [5.74, 6) is 0.198. The summed E-state index contributed by atoms with van der Waals surface area (Å²) in [4.78, 5) is 2.21. The predicted octanol–water partition coefficient (Wildman–Crippen LogP) is 3.30. The Balaban J connectivity index is 1.68. The van der Waals surface area contributed by atoms with E-state index in [1.54, 1.807) is 7.11 Å². The van der Waals surface area contributed by atoms with Crippen molar-refractivity contribution in [3.05, 3.63) is 58.4 Å². The first-order chi connectivity index (χ1) is 12.8. The summed E-state index contributed by atoms with van der Waals surface area (Å²) in [6, 6.07) is 9.53. The number of halogens is 2. The number of sulfonamides is 1. The van der Waals surface area contributed by atoms with E-state index in [9.17, 15) is 12.8 Å².